The van der Waals surface area contributed by atoms with Crippen molar-refractivity contribution in [2.45, 2.75) is 44.4 Å². The number of halogens is 3. The van der Waals surface area contributed by atoms with Crippen molar-refractivity contribution in [3.8, 4) is 11.1 Å². The van der Waals surface area contributed by atoms with Crippen molar-refractivity contribution in [2.24, 2.45) is 0 Å². The first-order chi connectivity index (χ1) is 14.8. The van der Waals surface area contributed by atoms with Gasteiger partial charge in [0.2, 0.25) is 10.0 Å². The number of carbonyl (C=O) groups is 1. The number of benzene rings is 2. The molecule has 10 heteroatoms. The predicted octanol–water partition coefficient (Wildman–Crippen LogP) is 2.60. The maximum atomic E-state index is 15.4. The molecule has 1 heterocycles. The molecule has 1 fully saturated rings. The molecule has 0 radical (unpaired) electrons. The Morgan fingerprint density at radius 2 is 1.81 bits per heavy atom. The average molecular weight is 471 g/mol. The summed E-state index contributed by atoms with van der Waals surface area (Å²) in [6, 6.07) is 5.63. The summed E-state index contributed by atoms with van der Waals surface area (Å²) >= 11 is 0. The van der Waals surface area contributed by atoms with Crippen LogP contribution >= 0.6 is 0 Å². The Labute approximate surface area is 185 Å². The van der Waals surface area contributed by atoms with Gasteiger partial charge in [-0.2, -0.15) is 0 Å². The minimum absolute atomic E-state index is 0.0171. The number of amides is 1. The van der Waals surface area contributed by atoms with Crippen LogP contribution < -0.4 is 4.72 Å². The highest BCUT2D eigenvalue weighted by Gasteiger charge is 2.42. The van der Waals surface area contributed by atoms with Gasteiger partial charge in [-0.25, -0.2) is 26.3 Å². The van der Waals surface area contributed by atoms with Gasteiger partial charge in [0.1, 0.15) is 23.1 Å². The van der Waals surface area contributed by atoms with Crippen LogP contribution in [0.2, 0.25) is 0 Å². The van der Waals surface area contributed by atoms with Crippen LogP contribution in [0.3, 0.4) is 0 Å². The van der Waals surface area contributed by atoms with Gasteiger partial charge in [0, 0.05) is 24.2 Å². The van der Waals surface area contributed by atoms with Crippen LogP contribution in [0.4, 0.5) is 13.2 Å². The van der Waals surface area contributed by atoms with Crippen LogP contribution in [0.1, 0.15) is 25.8 Å². The summed E-state index contributed by atoms with van der Waals surface area (Å²) in [5.41, 5.74) is -1.55. The van der Waals surface area contributed by atoms with Gasteiger partial charge in [0.25, 0.3) is 5.91 Å². The molecule has 2 aromatic carbocycles. The predicted molar refractivity (Wildman–Crippen MR) is 114 cm³/mol. The van der Waals surface area contributed by atoms with Crippen LogP contribution in [0.25, 0.3) is 11.1 Å². The summed E-state index contributed by atoms with van der Waals surface area (Å²) in [4.78, 5) is 14.1. The highest BCUT2D eigenvalue weighted by atomic mass is 32.2. The number of likely N-dealkylation sites (tertiary alicyclic amines) is 1. The van der Waals surface area contributed by atoms with E-state index < -0.39 is 51.1 Å². The maximum absolute atomic E-state index is 15.4. The first-order valence-electron chi connectivity index (χ1n) is 10.0. The minimum Gasteiger partial charge on any atom is -0.381 e. The molecule has 6 nitrogen and oxygen atoms in total. The summed E-state index contributed by atoms with van der Waals surface area (Å²) in [5.74, 6) is -3.03. The van der Waals surface area contributed by atoms with E-state index in [0.29, 0.717) is 6.07 Å². The first kappa shape index (κ1) is 24.2. The van der Waals surface area contributed by atoms with Crippen molar-refractivity contribution in [3.05, 3.63) is 59.4 Å². The fourth-order valence-corrected chi connectivity index (χ4v) is 4.84. The third-order valence-electron chi connectivity index (χ3n) is 5.38. The van der Waals surface area contributed by atoms with Gasteiger partial charge < -0.3 is 10.0 Å². The summed E-state index contributed by atoms with van der Waals surface area (Å²) < 4.78 is 68.8. The van der Waals surface area contributed by atoms with E-state index in [1.54, 1.807) is 0 Å². The Morgan fingerprint density at radius 1 is 1.19 bits per heavy atom. The van der Waals surface area contributed by atoms with Crippen LogP contribution in [-0.2, 0) is 21.2 Å². The van der Waals surface area contributed by atoms with Crippen molar-refractivity contribution in [3.63, 3.8) is 0 Å². The molecule has 0 aliphatic carbocycles. The fraction of sp³-hybridized carbons (Fsp3) is 0.409. The minimum atomic E-state index is -3.62. The van der Waals surface area contributed by atoms with Crippen molar-refractivity contribution in [1.29, 1.82) is 0 Å². The monoisotopic (exact) mass is 470 g/mol. The van der Waals surface area contributed by atoms with E-state index in [1.807, 2.05) is 0 Å². The third-order valence-corrected chi connectivity index (χ3v) is 6.11. The van der Waals surface area contributed by atoms with E-state index in [-0.39, 0.29) is 36.1 Å². The Kier molecular flexibility index (Phi) is 6.69. The van der Waals surface area contributed by atoms with E-state index in [0.717, 1.165) is 18.4 Å². The number of nitrogens with zero attached hydrogens (tertiary/aromatic N) is 1. The van der Waals surface area contributed by atoms with Gasteiger partial charge in [-0.05, 0) is 49.9 Å². The number of nitrogens with one attached hydrogen (secondary N) is 1. The van der Waals surface area contributed by atoms with Crippen LogP contribution in [-0.4, -0.2) is 54.8 Å². The number of rotatable bonds is 6. The Morgan fingerprint density at radius 3 is 2.38 bits per heavy atom. The topological polar surface area (TPSA) is 86.7 Å². The van der Waals surface area contributed by atoms with E-state index in [2.05, 4.69) is 4.72 Å². The van der Waals surface area contributed by atoms with Crippen LogP contribution in [0.5, 0.6) is 0 Å². The quantitative estimate of drug-likeness (QED) is 0.680. The lowest BCUT2D eigenvalue weighted by Gasteiger charge is -2.32. The number of aliphatic hydroxyl groups is 1. The molecule has 2 atom stereocenters. The third kappa shape index (κ3) is 5.48. The molecule has 1 aliphatic heterocycles. The number of carbonyl (C=O) groups excluding carboxylic acids is 1. The lowest BCUT2D eigenvalue weighted by molar-refractivity contribution is -0.148. The zero-order valence-electron chi connectivity index (χ0n) is 17.9. The molecule has 174 valence electrons. The van der Waals surface area contributed by atoms with Gasteiger partial charge in [0.05, 0.1) is 12.3 Å². The van der Waals surface area contributed by atoms with Gasteiger partial charge in [-0.1, -0.05) is 18.2 Å². The molecule has 2 N–H and O–H groups in total. The molecule has 2 aromatic rings. The molecular weight excluding hydrogens is 445 g/mol. The Bertz CT molecular complexity index is 1110. The second-order valence-electron chi connectivity index (χ2n) is 8.55. The highest BCUT2D eigenvalue weighted by Crippen LogP contribution is 2.30. The van der Waals surface area contributed by atoms with Crippen molar-refractivity contribution in [2.75, 3.05) is 12.8 Å². The number of hydrogen-bond donors (Lipinski definition) is 2. The zero-order valence-corrected chi connectivity index (χ0v) is 18.7. The normalized spacial score (nSPS) is 19.4. The summed E-state index contributed by atoms with van der Waals surface area (Å²) in [5, 5.41) is 10.2. The summed E-state index contributed by atoms with van der Waals surface area (Å²) in [6.07, 6.45) is 1.21. The largest absolute Gasteiger partial charge is 0.381 e. The van der Waals surface area contributed by atoms with E-state index in [1.165, 1.54) is 36.9 Å². The molecule has 3 rings (SSSR count). The molecule has 0 aromatic heterocycles. The Balaban J connectivity index is 1.99. The molecule has 0 bridgehead atoms. The maximum Gasteiger partial charge on any atom is 0.254 e. The lowest BCUT2D eigenvalue weighted by Crippen LogP contribution is -2.52. The molecule has 1 saturated heterocycles. The van der Waals surface area contributed by atoms with Crippen molar-refractivity contribution < 1.29 is 31.5 Å². The van der Waals surface area contributed by atoms with Crippen LogP contribution in [0, 0.1) is 17.5 Å². The number of sulfonamides is 1. The van der Waals surface area contributed by atoms with Gasteiger partial charge in [-0.3, -0.25) is 4.79 Å². The van der Waals surface area contributed by atoms with Gasteiger partial charge >= 0.3 is 0 Å². The molecule has 2 unspecified atom stereocenters. The summed E-state index contributed by atoms with van der Waals surface area (Å²) in [6.45, 7) is 2.82. The van der Waals surface area contributed by atoms with E-state index in [4.69, 9.17) is 0 Å². The highest BCUT2D eigenvalue weighted by molar-refractivity contribution is 7.88. The van der Waals surface area contributed by atoms with Crippen molar-refractivity contribution in [1.82, 2.24) is 9.62 Å². The lowest BCUT2D eigenvalue weighted by atomic mass is 9.95. The first-order valence-corrected chi connectivity index (χ1v) is 11.9. The average Bonchev–Trinajstić information content (AvgIpc) is 3.01. The van der Waals surface area contributed by atoms with E-state index >= 15 is 4.39 Å². The van der Waals surface area contributed by atoms with Gasteiger partial charge in [-0.15, -0.1) is 0 Å². The molecule has 1 amide bonds. The molecular formula is C22H25F3N2O4S. The van der Waals surface area contributed by atoms with Crippen LogP contribution in [0.15, 0.2) is 36.4 Å². The SMILES string of the molecule is CC(C)(O)C(=O)N1CCC(NS(C)(=O)=O)C1Cc1cccc(-c2cc(F)cc(F)c2)c1F. The van der Waals surface area contributed by atoms with Crippen molar-refractivity contribution >= 4 is 15.9 Å². The Hall–Kier alpha value is -2.43. The molecule has 0 saturated carbocycles. The fourth-order valence-electron chi connectivity index (χ4n) is 4.02. The summed E-state index contributed by atoms with van der Waals surface area (Å²) in [7, 11) is -3.62. The smallest absolute Gasteiger partial charge is 0.254 e. The van der Waals surface area contributed by atoms with E-state index in [9.17, 15) is 27.1 Å². The molecule has 0 spiro atoms. The standard InChI is InChI=1S/C22H25F3N2O4S/c1-22(2,29)21(28)27-8-7-18(26-32(3,30)31)19(27)11-13-5-4-6-17(20(13)25)14-9-15(23)12-16(24)10-14/h4-6,9-10,12,18-19,26,29H,7-8,11H2,1-3H3. The molecule has 32 heavy (non-hydrogen) atoms. The second-order valence-corrected chi connectivity index (χ2v) is 10.3. The van der Waals surface area contributed by atoms with Gasteiger partial charge in [0.15, 0.2) is 0 Å². The second kappa shape index (κ2) is 8.84. The number of hydrogen-bond acceptors (Lipinski definition) is 4. The molecule has 1 aliphatic rings. The zero-order chi connectivity index (χ0) is 23.8.